The van der Waals surface area contributed by atoms with Crippen molar-refractivity contribution in [1.29, 1.82) is 0 Å². The van der Waals surface area contributed by atoms with Gasteiger partial charge in [-0.25, -0.2) is 4.79 Å². The lowest BCUT2D eigenvalue weighted by molar-refractivity contribution is -0.138. The molecule has 1 heterocycles. The molecule has 0 bridgehead atoms. The monoisotopic (exact) mass is 580 g/mol. The maximum absolute atomic E-state index is 13.6. The maximum atomic E-state index is 13.6. The molecule has 5 rings (SSSR count). The molecule has 3 aliphatic rings. The Morgan fingerprint density at radius 2 is 1.76 bits per heavy atom. The quantitative estimate of drug-likeness (QED) is 0.502. The number of hydrogen-bond donors (Lipinski definition) is 1. The minimum atomic E-state index is -4.63. The summed E-state index contributed by atoms with van der Waals surface area (Å²) in [6.45, 7) is 0. The molecular formula is C26H24BrF3N2O5. The zero-order valence-electron chi connectivity index (χ0n) is 20.0. The SMILES string of the molecule is COC(=O)c1ccc(C2(NC(=O)[C@H]3C[C@@H]4C[C@@H]4N3C(=O)c3cc(Br)c(C(F)(F)F)cc3OC)CC2)cc1. The van der Waals surface area contributed by atoms with Gasteiger partial charge in [0.15, 0.2) is 0 Å². The Hall–Kier alpha value is -3.08. The summed E-state index contributed by atoms with van der Waals surface area (Å²) in [7, 11) is 2.51. The van der Waals surface area contributed by atoms with E-state index in [-0.39, 0.29) is 33.7 Å². The third-order valence-electron chi connectivity index (χ3n) is 7.44. The number of nitrogens with one attached hydrogen (secondary N) is 1. The van der Waals surface area contributed by atoms with Gasteiger partial charge in [0.1, 0.15) is 11.8 Å². The number of rotatable bonds is 6. The van der Waals surface area contributed by atoms with E-state index in [0.717, 1.165) is 24.1 Å². The molecule has 2 saturated carbocycles. The average Bonchev–Trinajstić information content (AvgIpc) is 3.79. The van der Waals surface area contributed by atoms with Crippen LogP contribution in [0.1, 0.15) is 57.5 Å². The standard InChI is InChI=1S/C26H24BrF3N2O5/c1-36-21-12-17(26(28,29)30)18(27)11-16(21)23(34)32-19-9-14(19)10-20(32)22(33)31-25(7-8-25)15-5-3-13(4-6-15)24(35)37-2/h3-6,11-12,14,19-20H,7-10H2,1-2H3,(H,31,33)/t14-,19-,20+/m0/s1. The van der Waals surface area contributed by atoms with Crippen molar-refractivity contribution in [1.82, 2.24) is 10.2 Å². The predicted molar refractivity (Wildman–Crippen MR) is 129 cm³/mol. The molecule has 2 aromatic rings. The van der Waals surface area contributed by atoms with Crippen molar-refractivity contribution in [2.75, 3.05) is 14.2 Å². The van der Waals surface area contributed by atoms with Crippen molar-refractivity contribution in [3.63, 3.8) is 0 Å². The topological polar surface area (TPSA) is 84.9 Å². The second-order valence-electron chi connectivity index (χ2n) is 9.70. The van der Waals surface area contributed by atoms with E-state index >= 15 is 0 Å². The molecular weight excluding hydrogens is 557 g/mol. The fourth-order valence-electron chi connectivity index (χ4n) is 5.20. The highest BCUT2D eigenvalue weighted by molar-refractivity contribution is 9.10. The lowest BCUT2D eigenvalue weighted by atomic mass is 10.0. The maximum Gasteiger partial charge on any atom is 0.417 e. The van der Waals surface area contributed by atoms with Crippen molar-refractivity contribution >= 4 is 33.7 Å². The van der Waals surface area contributed by atoms with Gasteiger partial charge in [-0.15, -0.1) is 0 Å². The average molecular weight is 581 g/mol. The number of likely N-dealkylation sites (tertiary alicyclic amines) is 1. The first-order valence-corrected chi connectivity index (χ1v) is 12.6. The van der Waals surface area contributed by atoms with E-state index in [1.54, 1.807) is 24.3 Å². The molecule has 7 nitrogen and oxygen atoms in total. The Bertz CT molecular complexity index is 1280. The van der Waals surface area contributed by atoms with Gasteiger partial charge in [-0.2, -0.15) is 13.2 Å². The van der Waals surface area contributed by atoms with Crippen molar-refractivity contribution < 1.29 is 37.0 Å². The minimum absolute atomic E-state index is 0.0349. The molecule has 3 fully saturated rings. The number of hydrogen-bond acceptors (Lipinski definition) is 5. The Kier molecular flexibility index (Phi) is 6.24. The first kappa shape index (κ1) is 25.6. The number of nitrogens with zero attached hydrogens (tertiary/aromatic N) is 1. The molecule has 1 aliphatic heterocycles. The van der Waals surface area contributed by atoms with E-state index in [9.17, 15) is 27.6 Å². The molecule has 2 aromatic carbocycles. The van der Waals surface area contributed by atoms with Crippen LogP contribution in [0.15, 0.2) is 40.9 Å². The van der Waals surface area contributed by atoms with Crippen molar-refractivity contribution in [3.05, 3.63) is 63.1 Å². The summed E-state index contributed by atoms with van der Waals surface area (Å²) >= 11 is 2.93. The lowest BCUT2D eigenvalue weighted by Crippen LogP contribution is -2.50. The molecule has 0 aromatic heterocycles. The van der Waals surface area contributed by atoms with Gasteiger partial charge in [0, 0.05) is 10.5 Å². The summed E-state index contributed by atoms with van der Waals surface area (Å²) in [5, 5.41) is 3.10. The van der Waals surface area contributed by atoms with Gasteiger partial charge < -0.3 is 19.7 Å². The highest BCUT2D eigenvalue weighted by atomic mass is 79.9. The van der Waals surface area contributed by atoms with Crippen LogP contribution in [0.2, 0.25) is 0 Å². The highest BCUT2D eigenvalue weighted by Gasteiger charge is 2.58. The van der Waals surface area contributed by atoms with Crippen LogP contribution in [-0.2, 0) is 21.2 Å². The number of benzene rings is 2. The number of amides is 2. The summed E-state index contributed by atoms with van der Waals surface area (Å²) in [6, 6.07) is 7.87. The Morgan fingerprint density at radius 3 is 2.32 bits per heavy atom. The summed E-state index contributed by atoms with van der Waals surface area (Å²) in [6.07, 6.45) is -1.96. The number of piperidine rings is 1. The largest absolute Gasteiger partial charge is 0.496 e. The molecule has 11 heteroatoms. The van der Waals surface area contributed by atoms with Gasteiger partial charge in [-0.3, -0.25) is 9.59 Å². The number of alkyl halides is 3. The van der Waals surface area contributed by atoms with E-state index < -0.39 is 35.2 Å². The van der Waals surface area contributed by atoms with Crippen LogP contribution in [0.3, 0.4) is 0 Å². The van der Waals surface area contributed by atoms with Gasteiger partial charge in [-0.05, 0) is 61.4 Å². The number of ether oxygens (including phenoxy) is 2. The molecule has 0 unspecified atom stereocenters. The fraction of sp³-hybridized carbons (Fsp3) is 0.423. The van der Waals surface area contributed by atoms with E-state index in [1.165, 1.54) is 19.1 Å². The lowest BCUT2D eigenvalue weighted by Gasteiger charge is -2.30. The second kappa shape index (κ2) is 9.04. The molecule has 3 atom stereocenters. The minimum Gasteiger partial charge on any atom is -0.496 e. The Balaban J connectivity index is 1.37. The zero-order valence-corrected chi connectivity index (χ0v) is 21.6. The number of fused-ring (bicyclic) bond motifs is 1. The summed E-state index contributed by atoms with van der Waals surface area (Å²) in [5.74, 6) is -1.32. The van der Waals surface area contributed by atoms with Crippen molar-refractivity contribution in [3.8, 4) is 5.75 Å². The Morgan fingerprint density at radius 1 is 1.08 bits per heavy atom. The third-order valence-corrected chi connectivity index (χ3v) is 8.09. The van der Waals surface area contributed by atoms with E-state index in [2.05, 4.69) is 21.2 Å². The van der Waals surface area contributed by atoms with Gasteiger partial charge in [0.05, 0.1) is 36.4 Å². The summed E-state index contributed by atoms with van der Waals surface area (Å²) in [5.41, 5.74) is -0.315. The van der Waals surface area contributed by atoms with Crippen molar-refractivity contribution in [2.45, 2.75) is 49.5 Å². The number of carbonyl (C=O) groups excluding carboxylic acids is 3. The second-order valence-corrected chi connectivity index (χ2v) is 10.6. The zero-order chi connectivity index (χ0) is 26.7. The van der Waals surface area contributed by atoms with Crippen LogP contribution in [0.4, 0.5) is 13.2 Å². The molecule has 2 aliphatic carbocycles. The smallest absolute Gasteiger partial charge is 0.417 e. The van der Waals surface area contributed by atoms with Crippen LogP contribution in [0, 0.1) is 5.92 Å². The summed E-state index contributed by atoms with van der Waals surface area (Å²) in [4.78, 5) is 40.3. The van der Waals surface area contributed by atoms with Gasteiger partial charge >= 0.3 is 12.1 Å². The van der Waals surface area contributed by atoms with E-state index in [4.69, 9.17) is 9.47 Å². The molecule has 0 spiro atoms. The van der Waals surface area contributed by atoms with Gasteiger partial charge in [0.25, 0.3) is 5.91 Å². The van der Waals surface area contributed by atoms with Crippen LogP contribution < -0.4 is 10.1 Å². The summed E-state index contributed by atoms with van der Waals surface area (Å²) < 4.78 is 49.7. The normalized spacial score (nSPS) is 23.2. The number of carbonyl (C=O) groups is 3. The number of methoxy groups -OCH3 is 2. The molecule has 1 N–H and O–H groups in total. The molecule has 37 heavy (non-hydrogen) atoms. The Labute approximate surface area is 219 Å². The van der Waals surface area contributed by atoms with Gasteiger partial charge in [0.2, 0.25) is 5.91 Å². The molecule has 2 amide bonds. The van der Waals surface area contributed by atoms with Crippen molar-refractivity contribution in [2.24, 2.45) is 5.92 Å². The van der Waals surface area contributed by atoms with Crippen LogP contribution in [0.5, 0.6) is 5.75 Å². The van der Waals surface area contributed by atoms with E-state index in [0.29, 0.717) is 24.8 Å². The first-order chi connectivity index (χ1) is 17.5. The number of esters is 1. The molecule has 196 valence electrons. The highest BCUT2D eigenvalue weighted by Crippen LogP contribution is 2.51. The van der Waals surface area contributed by atoms with Crippen LogP contribution >= 0.6 is 15.9 Å². The number of halogens is 4. The molecule has 1 saturated heterocycles. The van der Waals surface area contributed by atoms with Crippen LogP contribution in [-0.4, -0.2) is 49.0 Å². The van der Waals surface area contributed by atoms with Crippen LogP contribution in [0.25, 0.3) is 0 Å². The fourth-order valence-corrected chi connectivity index (χ4v) is 5.77. The first-order valence-electron chi connectivity index (χ1n) is 11.8. The molecule has 0 radical (unpaired) electrons. The predicted octanol–water partition coefficient (Wildman–Crippen LogP) is 4.67. The van der Waals surface area contributed by atoms with E-state index in [1.807, 2.05) is 0 Å². The van der Waals surface area contributed by atoms with Gasteiger partial charge in [-0.1, -0.05) is 28.1 Å². The third kappa shape index (κ3) is 4.58.